The van der Waals surface area contributed by atoms with Gasteiger partial charge in [-0.15, -0.1) is 0 Å². The minimum absolute atomic E-state index is 0.0854. The minimum Gasteiger partial charge on any atom is -0.534 e. The molecule has 0 bridgehead atoms. The molecule has 0 aromatic carbocycles. The fourth-order valence-corrected chi connectivity index (χ4v) is 1.54. The van der Waals surface area contributed by atoms with E-state index in [9.17, 15) is 4.79 Å². The summed E-state index contributed by atoms with van der Waals surface area (Å²) in [6.45, 7) is 6.88. The van der Waals surface area contributed by atoms with Crippen LogP contribution < -0.4 is 0 Å². The van der Waals surface area contributed by atoms with Gasteiger partial charge in [-0.05, 0) is 47.1 Å². The highest BCUT2D eigenvalue weighted by Gasteiger charge is 2.31. The Hall–Kier alpha value is -0.505. The molecule has 1 heterocycles. The average Bonchev–Trinajstić information content (AvgIpc) is 2.02. The number of hydrogen-bond acceptors (Lipinski definition) is 3. The number of hydrogen-bond donors (Lipinski definition) is 0. The van der Waals surface area contributed by atoms with E-state index >= 15 is 0 Å². The van der Waals surface area contributed by atoms with Crippen LogP contribution in [0.5, 0.6) is 0 Å². The molecule has 1 rings (SSSR count). The third-order valence-electron chi connectivity index (χ3n) is 2.47. The predicted molar refractivity (Wildman–Crippen MR) is 58.2 cm³/mol. The lowest BCUT2D eigenvalue weighted by Gasteiger charge is -2.28. The largest absolute Gasteiger partial charge is 0.534 e. The monoisotopic (exact) mass is 197 g/mol. The first-order valence-electron chi connectivity index (χ1n) is 5.29. The average molecular weight is 197 g/mol. The van der Waals surface area contributed by atoms with E-state index in [0.717, 1.165) is 25.7 Å². The first-order valence-corrected chi connectivity index (χ1v) is 5.29. The zero-order valence-corrected chi connectivity index (χ0v) is 9.67. The van der Waals surface area contributed by atoms with Crippen molar-refractivity contribution in [3.05, 3.63) is 0 Å². The quantitative estimate of drug-likeness (QED) is 0.595. The zero-order chi connectivity index (χ0) is 10.8. The summed E-state index contributed by atoms with van der Waals surface area (Å²) in [5.41, 5.74) is -0.379. The van der Waals surface area contributed by atoms with Crippen molar-refractivity contribution >= 4 is 12.9 Å². The van der Waals surface area contributed by atoms with Crippen molar-refractivity contribution in [3.8, 4) is 0 Å². The molecule has 1 aliphatic rings. The lowest BCUT2D eigenvalue weighted by atomic mass is 9.61. The van der Waals surface area contributed by atoms with Crippen molar-refractivity contribution in [1.29, 1.82) is 0 Å². The van der Waals surface area contributed by atoms with Gasteiger partial charge in [-0.2, -0.15) is 0 Å². The Morgan fingerprint density at radius 2 is 2.07 bits per heavy atom. The number of carbonyl (C=O) groups excluding carboxylic acids is 1. The van der Waals surface area contributed by atoms with E-state index in [1.165, 1.54) is 0 Å². The fourth-order valence-electron chi connectivity index (χ4n) is 1.54. The fraction of sp³-hybridized carbons (Fsp3) is 0.900. The van der Waals surface area contributed by atoms with Crippen molar-refractivity contribution in [2.75, 3.05) is 20.0 Å². The Labute approximate surface area is 86.9 Å². The highest BCUT2D eigenvalue weighted by atomic mass is 16.5. The van der Waals surface area contributed by atoms with Gasteiger partial charge in [-0.3, -0.25) is 4.79 Å². The van der Waals surface area contributed by atoms with Gasteiger partial charge in [0.2, 0.25) is 0 Å². The molecule has 0 spiro atoms. The van der Waals surface area contributed by atoms with Crippen LogP contribution in [0, 0.1) is 5.41 Å². The van der Waals surface area contributed by atoms with E-state index in [1.54, 1.807) is 0 Å². The van der Waals surface area contributed by atoms with Gasteiger partial charge in [0.15, 0.2) is 0 Å². The van der Waals surface area contributed by atoms with Crippen LogP contribution in [-0.4, -0.2) is 37.8 Å². The van der Waals surface area contributed by atoms with Crippen LogP contribution in [0.1, 0.15) is 27.2 Å². The molecule has 0 saturated carbocycles. The molecular weight excluding hydrogens is 177 g/mol. The number of rotatable bonds is 1. The molecular formula is C10H20BNO2. The zero-order valence-electron chi connectivity index (χ0n) is 9.67. The lowest BCUT2D eigenvalue weighted by Crippen LogP contribution is -2.43. The minimum atomic E-state index is -0.379. The van der Waals surface area contributed by atoms with Gasteiger partial charge >= 0.3 is 6.92 Å². The second kappa shape index (κ2) is 4.34. The van der Waals surface area contributed by atoms with Gasteiger partial charge in [0.25, 0.3) is 5.97 Å². The summed E-state index contributed by atoms with van der Waals surface area (Å²) in [6.07, 6.45) is 3.01. The second-order valence-corrected chi connectivity index (χ2v) is 5.18. The summed E-state index contributed by atoms with van der Waals surface area (Å²) in [5, 5.41) is 0. The topological polar surface area (TPSA) is 29.5 Å². The van der Waals surface area contributed by atoms with E-state index in [0.29, 0.717) is 0 Å². The molecule has 80 valence electrons. The molecule has 3 nitrogen and oxygen atoms in total. The summed E-state index contributed by atoms with van der Waals surface area (Å²) in [5.74, 6) is -0.0854. The normalized spacial score (nSPS) is 19.6. The molecule has 4 heteroatoms. The van der Waals surface area contributed by atoms with Gasteiger partial charge < -0.3 is 9.55 Å². The molecule has 0 aromatic rings. The van der Waals surface area contributed by atoms with E-state index in [-0.39, 0.29) is 18.3 Å². The van der Waals surface area contributed by atoms with Gasteiger partial charge in [0.1, 0.15) is 0 Å². The van der Waals surface area contributed by atoms with Crippen LogP contribution in [0.15, 0.2) is 0 Å². The van der Waals surface area contributed by atoms with Crippen molar-refractivity contribution < 1.29 is 9.45 Å². The summed E-state index contributed by atoms with van der Waals surface area (Å²) in [4.78, 5) is 13.8. The van der Waals surface area contributed by atoms with Crippen LogP contribution in [0.25, 0.3) is 0 Å². The van der Waals surface area contributed by atoms with Crippen LogP contribution in [0.2, 0.25) is 6.32 Å². The van der Waals surface area contributed by atoms with Crippen LogP contribution in [-0.2, 0) is 9.45 Å². The number of carbonyl (C=O) groups is 1. The van der Waals surface area contributed by atoms with Crippen molar-refractivity contribution in [2.24, 2.45) is 5.41 Å². The summed E-state index contributed by atoms with van der Waals surface area (Å²) >= 11 is 0. The third-order valence-corrected chi connectivity index (χ3v) is 2.47. The first kappa shape index (κ1) is 11.6. The van der Waals surface area contributed by atoms with Gasteiger partial charge in [0, 0.05) is 6.44 Å². The maximum absolute atomic E-state index is 11.6. The van der Waals surface area contributed by atoms with E-state index in [1.807, 2.05) is 20.8 Å². The molecule has 0 radical (unpaired) electrons. The predicted octanol–water partition coefficient (Wildman–Crippen LogP) is 1.44. The Kier molecular flexibility index (Phi) is 3.59. The second-order valence-electron chi connectivity index (χ2n) is 5.18. The van der Waals surface area contributed by atoms with Gasteiger partial charge in [-0.25, -0.2) is 0 Å². The van der Waals surface area contributed by atoms with Crippen molar-refractivity contribution in [3.63, 3.8) is 0 Å². The van der Waals surface area contributed by atoms with Crippen LogP contribution in [0.4, 0.5) is 0 Å². The highest BCUT2D eigenvalue weighted by Crippen LogP contribution is 2.18. The Morgan fingerprint density at radius 3 is 2.57 bits per heavy atom. The molecule has 1 aliphatic heterocycles. The summed E-state index contributed by atoms with van der Waals surface area (Å²) in [7, 11) is 2.07. The summed E-state index contributed by atoms with van der Waals surface area (Å²) < 4.78 is 5.45. The molecule has 0 atom stereocenters. The Morgan fingerprint density at radius 1 is 1.43 bits per heavy atom. The molecule has 1 fully saturated rings. The molecule has 0 unspecified atom stereocenters. The SMILES string of the molecule is CN1CCCB(OC(=O)C(C)(C)C)C1. The molecule has 0 aromatic heterocycles. The van der Waals surface area contributed by atoms with Gasteiger partial charge in [0.05, 0.1) is 5.41 Å². The smallest absolute Gasteiger partial charge is 0.375 e. The maximum Gasteiger partial charge on any atom is 0.375 e. The van der Waals surface area contributed by atoms with E-state index in [2.05, 4.69) is 11.9 Å². The van der Waals surface area contributed by atoms with Crippen LogP contribution in [0.3, 0.4) is 0 Å². The molecule has 14 heavy (non-hydrogen) atoms. The Bertz CT molecular complexity index is 213. The Balaban J connectivity index is 2.40. The first-order chi connectivity index (χ1) is 6.39. The molecule has 0 N–H and O–H groups in total. The van der Waals surface area contributed by atoms with Crippen molar-refractivity contribution in [1.82, 2.24) is 4.90 Å². The lowest BCUT2D eigenvalue weighted by molar-refractivity contribution is -0.143. The van der Waals surface area contributed by atoms with Crippen LogP contribution >= 0.6 is 0 Å². The third kappa shape index (κ3) is 3.33. The van der Waals surface area contributed by atoms with Gasteiger partial charge in [-0.1, -0.05) is 0 Å². The molecule has 1 saturated heterocycles. The highest BCUT2D eigenvalue weighted by molar-refractivity contribution is 6.54. The number of nitrogens with zero attached hydrogens (tertiary/aromatic N) is 1. The standard InChI is InChI=1S/C10H20BNO2/c1-10(2,3)9(13)14-11-6-5-7-12(4)8-11/h5-8H2,1-4H3. The maximum atomic E-state index is 11.6. The van der Waals surface area contributed by atoms with E-state index in [4.69, 9.17) is 4.65 Å². The van der Waals surface area contributed by atoms with Crippen molar-refractivity contribution in [2.45, 2.75) is 33.5 Å². The van der Waals surface area contributed by atoms with E-state index < -0.39 is 0 Å². The summed E-state index contributed by atoms with van der Waals surface area (Å²) in [6, 6.07) is 0. The molecule has 0 aliphatic carbocycles. The molecule has 0 amide bonds.